The van der Waals surface area contributed by atoms with Gasteiger partial charge in [0.1, 0.15) is 5.82 Å². The third-order valence-electron chi connectivity index (χ3n) is 3.14. The molecule has 2 unspecified atom stereocenters. The number of hydrogen-bond donors (Lipinski definition) is 1. The molecule has 2 N–H and O–H groups in total. The van der Waals surface area contributed by atoms with Gasteiger partial charge in [0.15, 0.2) is 5.82 Å². The Bertz CT molecular complexity index is 356. The SMILES string of the molecule is NC1CCn2nc(C3CCCS3)nc2C1. The van der Waals surface area contributed by atoms with Gasteiger partial charge >= 0.3 is 0 Å². The number of rotatable bonds is 1. The molecule has 15 heavy (non-hydrogen) atoms. The molecule has 0 bridgehead atoms. The molecule has 1 saturated heterocycles. The number of hydrogen-bond acceptors (Lipinski definition) is 4. The van der Waals surface area contributed by atoms with Crippen molar-refractivity contribution in [2.45, 2.75) is 43.5 Å². The van der Waals surface area contributed by atoms with Crippen molar-refractivity contribution in [3.63, 3.8) is 0 Å². The second kappa shape index (κ2) is 3.79. The van der Waals surface area contributed by atoms with E-state index in [-0.39, 0.29) is 6.04 Å². The largest absolute Gasteiger partial charge is 0.327 e. The lowest BCUT2D eigenvalue weighted by Crippen LogP contribution is -2.31. The van der Waals surface area contributed by atoms with Crippen LogP contribution in [0.25, 0.3) is 0 Å². The zero-order chi connectivity index (χ0) is 10.3. The molecule has 82 valence electrons. The van der Waals surface area contributed by atoms with E-state index in [1.807, 2.05) is 11.8 Å². The minimum absolute atomic E-state index is 0.283. The average molecular weight is 224 g/mol. The third kappa shape index (κ3) is 1.78. The van der Waals surface area contributed by atoms with E-state index >= 15 is 0 Å². The molecule has 2 atom stereocenters. The van der Waals surface area contributed by atoms with Crippen LogP contribution in [-0.4, -0.2) is 26.6 Å². The van der Waals surface area contributed by atoms with Crippen LogP contribution in [0.4, 0.5) is 0 Å². The van der Waals surface area contributed by atoms with Gasteiger partial charge in [-0.25, -0.2) is 9.67 Å². The summed E-state index contributed by atoms with van der Waals surface area (Å²) >= 11 is 1.99. The number of aromatic nitrogens is 3. The number of nitrogens with zero attached hydrogens (tertiary/aromatic N) is 3. The van der Waals surface area contributed by atoms with E-state index < -0.39 is 0 Å². The highest BCUT2D eigenvalue weighted by Crippen LogP contribution is 2.38. The third-order valence-corrected chi connectivity index (χ3v) is 4.51. The quantitative estimate of drug-likeness (QED) is 0.776. The van der Waals surface area contributed by atoms with Crippen molar-refractivity contribution in [1.82, 2.24) is 14.8 Å². The van der Waals surface area contributed by atoms with E-state index in [9.17, 15) is 0 Å². The Kier molecular flexibility index (Phi) is 2.44. The van der Waals surface area contributed by atoms with Gasteiger partial charge in [-0.15, -0.1) is 0 Å². The van der Waals surface area contributed by atoms with Crippen molar-refractivity contribution in [2.24, 2.45) is 5.73 Å². The maximum atomic E-state index is 5.93. The van der Waals surface area contributed by atoms with Gasteiger partial charge in [0.05, 0.1) is 5.25 Å². The second-order valence-electron chi connectivity index (χ2n) is 4.36. The zero-order valence-corrected chi connectivity index (χ0v) is 9.54. The Hall–Kier alpha value is -0.550. The van der Waals surface area contributed by atoms with Crippen molar-refractivity contribution < 1.29 is 0 Å². The first-order valence-electron chi connectivity index (χ1n) is 5.64. The normalized spacial score (nSPS) is 30.5. The van der Waals surface area contributed by atoms with E-state index in [4.69, 9.17) is 5.73 Å². The van der Waals surface area contributed by atoms with Crippen LogP contribution < -0.4 is 5.73 Å². The molecule has 0 radical (unpaired) electrons. The Morgan fingerprint density at radius 1 is 1.40 bits per heavy atom. The van der Waals surface area contributed by atoms with Crippen LogP contribution in [0.5, 0.6) is 0 Å². The number of thioether (sulfide) groups is 1. The van der Waals surface area contributed by atoms with Gasteiger partial charge in [0.25, 0.3) is 0 Å². The number of nitrogens with two attached hydrogens (primary N) is 1. The van der Waals surface area contributed by atoms with Gasteiger partial charge in [0.2, 0.25) is 0 Å². The Balaban J connectivity index is 1.85. The molecular weight excluding hydrogens is 208 g/mol. The highest BCUT2D eigenvalue weighted by Gasteiger charge is 2.25. The van der Waals surface area contributed by atoms with E-state index in [1.54, 1.807) is 0 Å². The van der Waals surface area contributed by atoms with Crippen LogP contribution in [0.1, 0.15) is 36.2 Å². The zero-order valence-electron chi connectivity index (χ0n) is 8.72. The highest BCUT2D eigenvalue weighted by atomic mass is 32.2. The van der Waals surface area contributed by atoms with Crippen molar-refractivity contribution >= 4 is 11.8 Å². The van der Waals surface area contributed by atoms with E-state index in [0.29, 0.717) is 5.25 Å². The molecule has 3 heterocycles. The fourth-order valence-electron chi connectivity index (χ4n) is 2.27. The molecule has 2 aliphatic heterocycles. The van der Waals surface area contributed by atoms with Crippen LogP contribution in [0.2, 0.25) is 0 Å². The van der Waals surface area contributed by atoms with Gasteiger partial charge < -0.3 is 5.73 Å². The minimum Gasteiger partial charge on any atom is -0.327 e. The average Bonchev–Trinajstić information content (AvgIpc) is 2.84. The first-order valence-corrected chi connectivity index (χ1v) is 6.68. The van der Waals surface area contributed by atoms with Gasteiger partial charge in [-0.05, 0) is 25.0 Å². The summed E-state index contributed by atoms with van der Waals surface area (Å²) in [6, 6.07) is 0.283. The summed E-state index contributed by atoms with van der Waals surface area (Å²) in [6.45, 7) is 0.945. The molecule has 2 aliphatic rings. The second-order valence-corrected chi connectivity index (χ2v) is 5.67. The molecular formula is C10H16N4S. The standard InChI is InChI=1S/C10H16N4S/c11-7-3-4-14-9(6-7)12-10(13-14)8-2-1-5-15-8/h7-8H,1-6,11H2. The summed E-state index contributed by atoms with van der Waals surface area (Å²) < 4.78 is 2.05. The van der Waals surface area contributed by atoms with E-state index in [2.05, 4.69) is 14.8 Å². The molecule has 1 aromatic rings. The molecule has 0 spiro atoms. The summed E-state index contributed by atoms with van der Waals surface area (Å²) in [5, 5.41) is 5.14. The van der Waals surface area contributed by atoms with Crippen molar-refractivity contribution in [2.75, 3.05) is 5.75 Å². The van der Waals surface area contributed by atoms with Crippen LogP contribution in [0.15, 0.2) is 0 Å². The Morgan fingerprint density at radius 3 is 3.13 bits per heavy atom. The van der Waals surface area contributed by atoms with E-state index in [1.165, 1.54) is 18.6 Å². The molecule has 5 heteroatoms. The lowest BCUT2D eigenvalue weighted by Gasteiger charge is -2.17. The topological polar surface area (TPSA) is 56.7 Å². The van der Waals surface area contributed by atoms with Gasteiger partial charge in [-0.2, -0.15) is 16.9 Å². The monoisotopic (exact) mass is 224 g/mol. The summed E-state index contributed by atoms with van der Waals surface area (Å²) in [5.74, 6) is 3.39. The molecule has 0 aromatic carbocycles. The molecule has 0 aliphatic carbocycles. The maximum absolute atomic E-state index is 5.93. The maximum Gasteiger partial charge on any atom is 0.163 e. The number of aryl methyl sites for hydroxylation is 1. The smallest absolute Gasteiger partial charge is 0.163 e. The minimum atomic E-state index is 0.283. The lowest BCUT2D eigenvalue weighted by molar-refractivity contribution is 0.431. The predicted octanol–water partition coefficient (Wildman–Crippen LogP) is 1.12. The van der Waals surface area contributed by atoms with Crippen LogP contribution >= 0.6 is 11.8 Å². The van der Waals surface area contributed by atoms with E-state index in [0.717, 1.165) is 31.0 Å². The predicted molar refractivity (Wildman–Crippen MR) is 60.8 cm³/mol. The van der Waals surface area contributed by atoms with Gasteiger partial charge in [0, 0.05) is 19.0 Å². The summed E-state index contributed by atoms with van der Waals surface area (Å²) in [5.41, 5.74) is 5.93. The van der Waals surface area contributed by atoms with Crippen LogP contribution in [0.3, 0.4) is 0 Å². The highest BCUT2D eigenvalue weighted by molar-refractivity contribution is 7.99. The Labute approximate surface area is 93.6 Å². The van der Waals surface area contributed by atoms with Crippen LogP contribution in [0, 0.1) is 0 Å². The summed E-state index contributed by atoms with van der Waals surface area (Å²) in [7, 11) is 0. The first kappa shape index (κ1) is 9.66. The van der Waals surface area contributed by atoms with Crippen LogP contribution in [-0.2, 0) is 13.0 Å². The fraction of sp³-hybridized carbons (Fsp3) is 0.800. The molecule has 0 saturated carbocycles. The van der Waals surface area contributed by atoms with Gasteiger partial charge in [-0.1, -0.05) is 0 Å². The van der Waals surface area contributed by atoms with Crippen molar-refractivity contribution in [1.29, 1.82) is 0 Å². The number of fused-ring (bicyclic) bond motifs is 1. The molecule has 3 rings (SSSR count). The first-order chi connectivity index (χ1) is 7.33. The van der Waals surface area contributed by atoms with Crippen molar-refractivity contribution in [3.8, 4) is 0 Å². The summed E-state index contributed by atoms with van der Waals surface area (Å²) in [6.07, 6.45) is 4.47. The van der Waals surface area contributed by atoms with Crippen molar-refractivity contribution in [3.05, 3.63) is 11.6 Å². The molecule has 1 aromatic heterocycles. The molecule has 0 amide bonds. The Morgan fingerprint density at radius 2 is 2.33 bits per heavy atom. The molecule has 1 fully saturated rings. The summed E-state index contributed by atoms with van der Waals surface area (Å²) in [4.78, 5) is 4.63. The fourth-order valence-corrected chi connectivity index (χ4v) is 3.47. The van der Waals surface area contributed by atoms with Gasteiger partial charge in [-0.3, -0.25) is 0 Å². The molecule has 4 nitrogen and oxygen atoms in total. The lowest BCUT2D eigenvalue weighted by atomic mass is 10.1.